The summed E-state index contributed by atoms with van der Waals surface area (Å²) in [5.41, 5.74) is -0.135. The van der Waals surface area contributed by atoms with Gasteiger partial charge in [-0.05, 0) is 24.5 Å². The molecule has 3 rings (SSSR count). The second-order valence-corrected chi connectivity index (χ2v) is 7.05. The van der Waals surface area contributed by atoms with Crippen molar-refractivity contribution in [1.29, 1.82) is 0 Å². The van der Waals surface area contributed by atoms with Gasteiger partial charge in [0, 0.05) is 11.6 Å². The molecule has 1 aromatic rings. The first kappa shape index (κ1) is 19.2. The summed E-state index contributed by atoms with van der Waals surface area (Å²) in [5.74, 6) is -1.72. The smallest absolute Gasteiger partial charge is 0.326 e. The largest absolute Gasteiger partial charge is 0.454 e. The van der Waals surface area contributed by atoms with Gasteiger partial charge >= 0.3 is 12.0 Å². The molecular formula is C18H20ClN3O5. The number of carbonyl (C=O) groups excluding carboxylic acids is 4. The third-order valence-electron chi connectivity index (χ3n) is 4.79. The van der Waals surface area contributed by atoms with Gasteiger partial charge in [0.1, 0.15) is 12.1 Å². The summed E-state index contributed by atoms with van der Waals surface area (Å²) < 4.78 is 4.87. The average molecular weight is 394 g/mol. The first-order chi connectivity index (χ1) is 12.9. The molecule has 1 saturated carbocycles. The van der Waals surface area contributed by atoms with Crippen LogP contribution in [-0.4, -0.2) is 47.4 Å². The number of ether oxygens (including phenoxy) is 1. The lowest BCUT2D eigenvalue weighted by Gasteiger charge is -2.19. The van der Waals surface area contributed by atoms with Crippen LogP contribution in [0, 0.1) is 0 Å². The maximum atomic E-state index is 12.4. The van der Waals surface area contributed by atoms with E-state index in [0.717, 1.165) is 23.3 Å². The van der Waals surface area contributed by atoms with Crippen LogP contribution in [0.4, 0.5) is 4.79 Å². The Morgan fingerprint density at radius 3 is 2.63 bits per heavy atom. The number of rotatable bonds is 6. The van der Waals surface area contributed by atoms with Gasteiger partial charge in [-0.1, -0.05) is 42.6 Å². The number of hydrogen-bond acceptors (Lipinski definition) is 5. The molecule has 1 aliphatic carbocycles. The Balaban J connectivity index is 1.44. The van der Waals surface area contributed by atoms with E-state index in [1.165, 1.54) is 0 Å². The molecular weight excluding hydrogens is 374 g/mol. The third kappa shape index (κ3) is 4.21. The van der Waals surface area contributed by atoms with E-state index >= 15 is 0 Å². The molecule has 2 fully saturated rings. The summed E-state index contributed by atoms with van der Waals surface area (Å²) in [6.07, 6.45) is 2.87. The molecule has 4 amide bonds. The second kappa shape index (κ2) is 7.96. The monoisotopic (exact) mass is 393 g/mol. The van der Waals surface area contributed by atoms with Crippen LogP contribution in [-0.2, 0) is 25.7 Å². The van der Waals surface area contributed by atoms with Gasteiger partial charge in [-0.15, -0.1) is 0 Å². The van der Waals surface area contributed by atoms with E-state index in [0.29, 0.717) is 17.9 Å². The minimum atomic E-state index is -0.871. The number of esters is 1. The van der Waals surface area contributed by atoms with E-state index in [4.69, 9.17) is 16.3 Å². The summed E-state index contributed by atoms with van der Waals surface area (Å²) in [6, 6.07) is 6.45. The molecule has 0 radical (unpaired) electrons. The van der Waals surface area contributed by atoms with Crippen molar-refractivity contribution in [2.24, 2.45) is 0 Å². The number of nitrogens with one attached hydrogen (secondary N) is 2. The molecule has 0 bridgehead atoms. The lowest BCUT2D eigenvalue weighted by molar-refractivity contribution is -0.151. The highest BCUT2D eigenvalue weighted by Crippen LogP contribution is 2.34. The van der Waals surface area contributed by atoms with Crippen molar-refractivity contribution in [3.8, 4) is 0 Å². The normalized spacial score (nSPS) is 17.9. The molecule has 1 heterocycles. The van der Waals surface area contributed by atoms with Crippen LogP contribution >= 0.6 is 11.6 Å². The number of amides is 4. The Bertz CT molecular complexity index is 776. The topological polar surface area (TPSA) is 105 Å². The highest BCUT2D eigenvalue weighted by atomic mass is 35.5. The first-order valence-corrected chi connectivity index (χ1v) is 9.09. The van der Waals surface area contributed by atoms with Crippen LogP contribution in [0.15, 0.2) is 24.3 Å². The van der Waals surface area contributed by atoms with Crippen molar-refractivity contribution in [2.75, 3.05) is 13.2 Å². The number of nitrogens with zero attached hydrogens (tertiary/aromatic N) is 1. The number of imide groups is 1. The minimum Gasteiger partial charge on any atom is -0.454 e. The average Bonchev–Trinajstić information content (AvgIpc) is 3.20. The third-order valence-corrected chi connectivity index (χ3v) is 5.16. The standard InChI is InChI=1S/C18H20ClN3O5/c19-13-6-2-1-5-12(13)9-20-14(23)11-27-15(24)10-22-16(25)18(21-17(22)26)7-3-4-8-18/h1-2,5-6H,3-4,7-11H2,(H,20,23)(H,21,26). The molecule has 9 heteroatoms. The number of hydrogen-bond donors (Lipinski definition) is 2. The summed E-state index contributed by atoms with van der Waals surface area (Å²) >= 11 is 6.00. The number of benzene rings is 1. The first-order valence-electron chi connectivity index (χ1n) is 8.71. The zero-order chi connectivity index (χ0) is 19.4. The van der Waals surface area contributed by atoms with Gasteiger partial charge in [0.25, 0.3) is 11.8 Å². The minimum absolute atomic E-state index is 0.200. The molecule has 144 valence electrons. The SMILES string of the molecule is O=C(COC(=O)CN1C(=O)NC2(CCCC2)C1=O)NCc1ccccc1Cl. The highest BCUT2D eigenvalue weighted by Gasteiger charge is 2.52. The van der Waals surface area contributed by atoms with Gasteiger partial charge in [0.05, 0.1) is 0 Å². The zero-order valence-corrected chi connectivity index (χ0v) is 15.4. The molecule has 0 unspecified atom stereocenters. The van der Waals surface area contributed by atoms with Crippen molar-refractivity contribution < 1.29 is 23.9 Å². The predicted molar refractivity (Wildman–Crippen MR) is 95.7 cm³/mol. The molecule has 1 saturated heterocycles. The molecule has 2 aliphatic rings. The van der Waals surface area contributed by atoms with Crippen LogP contribution in [0.1, 0.15) is 31.2 Å². The molecule has 1 aliphatic heterocycles. The Morgan fingerprint density at radius 2 is 1.93 bits per heavy atom. The van der Waals surface area contributed by atoms with Crippen molar-refractivity contribution in [2.45, 2.75) is 37.8 Å². The predicted octanol–water partition coefficient (Wildman–Crippen LogP) is 1.36. The van der Waals surface area contributed by atoms with E-state index in [2.05, 4.69) is 10.6 Å². The molecule has 0 aromatic heterocycles. The van der Waals surface area contributed by atoms with Gasteiger partial charge in [-0.25, -0.2) is 4.79 Å². The van der Waals surface area contributed by atoms with Gasteiger partial charge in [0.15, 0.2) is 6.61 Å². The summed E-state index contributed by atoms with van der Waals surface area (Å²) in [6.45, 7) is -0.812. The fourth-order valence-electron chi connectivity index (χ4n) is 3.34. The molecule has 0 atom stereocenters. The fourth-order valence-corrected chi connectivity index (χ4v) is 3.55. The van der Waals surface area contributed by atoms with Crippen LogP contribution in [0.5, 0.6) is 0 Å². The molecule has 1 spiro atoms. The second-order valence-electron chi connectivity index (χ2n) is 6.64. The summed E-state index contributed by atoms with van der Waals surface area (Å²) in [7, 11) is 0. The molecule has 8 nitrogen and oxygen atoms in total. The number of halogens is 1. The van der Waals surface area contributed by atoms with Gasteiger partial charge < -0.3 is 15.4 Å². The molecule has 2 N–H and O–H groups in total. The van der Waals surface area contributed by atoms with Gasteiger partial charge in [0.2, 0.25) is 0 Å². The van der Waals surface area contributed by atoms with Crippen LogP contribution in [0.25, 0.3) is 0 Å². The Morgan fingerprint density at radius 1 is 1.22 bits per heavy atom. The van der Waals surface area contributed by atoms with Crippen LogP contribution in [0.3, 0.4) is 0 Å². The van der Waals surface area contributed by atoms with Crippen molar-refractivity contribution in [3.05, 3.63) is 34.9 Å². The maximum absolute atomic E-state index is 12.4. The Kier molecular flexibility index (Phi) is 5.65. The number of urea groups is 1. The Hall–Kier alpha value is -2.61. The van der Waals surface area contributed by atoms with Gasteiger partial charge in [-0.2, -0.15) is 0 Å². The molecule has 1 aromatic carbocycles. The Labute approximate surface area is 161 Å². The van der Waals surface area contributed by atoms with E-state index in [1.54, 1.807) is 24.3 Å². The summed E-state index contributed by atoms with van der Waals surface area (Å²) in [5, 5.41) is 5.79. The van der Waals surface area contributed by atoms with Crippen molar-refractivity contribution >= 4 is 35.4 Å². The van der Waals surface area contributed by atoms with Gasteiger partial charge in [-0.3, -0.25) is 19.3 Å². The van der Waals surface area contributed by atoms with E-state index in [9.17, 15) is 19.2 Å². The van der Waals surface area contributed by atoms with Crippen LogP contribution in [0.2, 0.25) is 5.02 Å². The maximum Gasteiger partial charge on any atom is 0.326 e. The zero-order valence-electron chi connectivity index (χ0n) is 14.6. The molecule has 27 heavy (non-hydrogen) atoms. The fraction of sp³-hybridized carbons (Fsp3) is 0.444. The van der Waals surface area contributed by atoms with E-state index < -0.39 is 42.5 Å². The lowest BCUT2D eigenvalue weighted by atomic mass is 9.98. The summed E-state index contributed by atoms with van der Waals surface area (Å²) in [4.78, 5) is 49.0. The van der Waals surface area contributed by atoms with Crippen molar-refractivity contribution in [3.63, 3.8) is 0 Å². The quantitative estimate of drug-likeness (QED) is 0.561. The van der Waals surface area contributed by atoms with E-state index in [-0.39, 0.29) is 6.54 Å². The number of carbonyl (C=O) groups is 4. The highest BCUT2D eigenvalue weighted by molar-refractivity contribution is 6.31. The lowest BCUT2D eigenvalue weighted by Crippen LogP contribution is -2.44. The van der Waals surface area contributed by atoms with E-state index in [1.807, 2.05) is 0 Å². The van der Waals surface area contributed by atoms with Crippen molar-refractivity contribution in [1.82, 2.24) is 15.5 Å². The van der Waals surface area contributed by atoms with Crippen LogP contribution < -0.4 is 10.6 Å².